The van der Waals surface area contributed by atoms with Crippen LogP contribution < -0.4 is 0 Å². The monoisotopic (exact) mass is 209 g/mol. The van der Waals surface area contributed by atoms with E-state index in [2.05, 4.69) is 4.98 Å². The zero-order chi connectivity index (χ0) is 9.26. The van der Waals surface area contributed by atoms with Crippen molar-refractivity contribution < 1.29 is 9.90 Å². The second-order valence-electron chi connectivity index (χ2n) is 2.71. The number of benzene rings is 1. The Morgan fingerprint density at radius 1 is 1.29 bits per heavy atom. The van der Waals surface area contributed by atoms with Crippen molar-refractivity contribution in [3.8, 4) is 0 Å². The predicted molar refractivity (Wildman–Crippen MR) is 56.0 cm³/mol. The van der Waals surface area contributed by atoms with Crippen LogP contribution in [0.3, 0.4) is 0 Å². The molecule has 0 amide bonds. The van der Waals surface area contributed by atoms with Crippen molar-refractivity contribution in [1.82, 2.24) is 4.98 Å². The number of aromatic nitrogens is 1. The van der Waals surface area contributed by atoms with E-state index in [0.717, 1.165) is 5.39 Å². The number of pyridine rings is 1. The predicted octanol–water partition coefficient (Wildman–Crippen LogP) is 2.35. The number of carbonyl (C=O) groups is 1. The topological polar surface area (TPSA) is 50.2 Å². The molecule has 4 heteroatoms. The van der Waals surface area contributed by atoms with Crippen LogP contribution in [0.25, 0.3) is 10.8 Å². The van der Waals surface area contributed by atoms with Gasteiger partial charge in [0.05, 0.1) is 5.56 Å². The molecule has 3 nitrogen and oxygen atoms in total. The smallest absolute Gasteiger partial charge is 0.336 e. The van der Waals surface area contributed by atoms with E-state index in [1.54, 1.807) is 30.6 Å². The number of halogens is 1. The second kappa shape index (κ2) is 4.07. The van der Waals surface area contributed by atoms with Crippen LogP contribution in [0.1, 0.15) is 10.4 Å². The molecule has 0 fully saturated rings. The molecule has 0 bridgehead atoms. The van der Waals surface area contributed by atoms with Crippen molar-refractivity contribution in [3.63, 3.8) is 0 Å². The fourth-order valence-electron chi connectivity index (χ4n) is 1.30. The second-order valence-corrected chi connectivity index (χ2v) is 2.71. The lowest BCUT2D eigenvalue weighted by Gasteiger charge is -1.99. The molecular weight excluding hydrogens is 202 g/mol. The van der Waals surface area contributed by atoms with Gasteiger partial charge in [-0.15, -0.1) is 12.4 Å². The van der Waals surface area contributed by atoms with Gasteiger partial charge in [0, 0.05) is 17.8 Å². The molecule has 0 radical (unpaired) electrons. The van der Waals surface area contributed by atoms with E-state index < -0.39 is 5.97 Å². The van der Waals surface area contributed by atoms with E-state index in [0.29, 0.717) is 10.9 Å². The number of rotatable bonds is 1. The van der Waals surface area contributed by atoms with E-state index in [1.165, 1.54) is 0 Å². The Kier molecular flexibility index (Phi) is 3.04. The van der Waals surface area contributed by atoms with E-state index in [4.69, 9.17) is 5.11 Å². The minimum absolute atomic E-state index is 0. The summed E-state index contributed by atoms with van der Waals surface area (Å²) >= 11 is 0. The first-order chi connectivity index (χ1) is 6.29. The zero-order valence-electron chi connectivity index (χ0n) is 7.18. The molecule has 0 saturated carbocycles. The van der Waals surface area contributed by atoms with E-state index in [9.17, 15) is 4.79 Å². The highest BCUT2D eigenvalue weighted by Gasteiger charge is 2.06. The average Bonchev–Trinajstić information content (AvgIpc) is 2.17. The normalized spacial score (nSPS) is 9.43. The summed E-state index contributed by atoms with van der Waals surface area (Å²) in [5.41, 5.74) is 0.297. The summed E-state index contributed by atoms with van der Waals surface area (Å²) in [7, 11) is 0. The maximum absolute atomic E-state index is 10.8. The van der Waals surface area contributed by atoms with Gasteiger partial charge in [0.25, 0.3) is 0 Å². The number of aromatic carboxylic acids is 1. The van der Waals surface area contributed by atoms with Crippen molar-refractivity contribution in [3.05, 3.63) is 42.2 Å². The summed E-state index contributed by atoms with van der Waals surface area (Å²) in [6.45, 7) is 0. The minimum Gasteiger partial charge on any atom is -0.478 e. The molecule has 0 aliphatic rings. The summed E-state index contributed by atoms with van der Waals surface area (Å²) in [5.74, 6) is -0.918. The van der Waals surface area contributed by atoms with Crippen molar-refractivity contribution in [2.45, 2.75) is 0 Å². The van der Waals surface area contributed by atoms with Crippen molar-refractivity contribution in [1.29, 1.82) is 0 Å². The van der Waals surface area contributed by atoms with Gasteiger partial charge in [-0.1, -0.05) is 12.1 Å². The van der Waals surface area contributed by atoms with Crippen LogP contribution in [-0.4, -0.2) is 16.1 Å². The minimum atomic E-state index is -0.918. The molecule has 2 rings (SSSR count). The van der Waals surface area contributed by atoms with Gasteiger partial charge < -0.3 is 5.11 Å². The first-order valence-corrected chi connectivity index (χ1v) is 3.85. The molecular formula is C10H8ClNO2. The van der Waals surface area contributed by atoms with Crippen molar-refractivity contribution in [2.24, 2.45) is 0 Å². The third-order valence-electron chi connectivity index (χ3n) is 1.91. The van der Waals surface area contributed by atoms with E-state index in [-0.39, 0.29) is 12.4 Å². The number of nitrogens with zero attached hydrogens (tertiary/aromatic N) is 1. The molecule has 1 heterocycles. The SMILES string of the molecule is Cl.O=C(O)c1cccc2ccncc12. The first-order valence-electron chi connectivity index (χ1n) is 3.85. The summed E-state index contributed by atoms with van der Waals surface area (Å²) in [6.07, 6.45) is 3.22. The van der Waals surface area contributed by atoms with Crippen LogP contribution in [0, 0.1) is 0 Å². The lowest BCUT2D eigenvalue weighted by atomic mass is 10.1. The quantitative estimate of drug-likeness (QED) is 0.785. The van der Waals surface area contributed by atoms with Gasteiger partial charge in [-0.25, -0.2) is 4.79 Å². The Labute approximate surface area is 86.8 Å². The molecule has 0 unspecified atom stereocenters. The summed E-state index contributed by atoms with van der Waals surface area (Å²) < 4.78 is 0. The Bertz CT molecular complexity index is 465. The summed E-state index contributed by atoms with van der Waals surface area (Å²) in [5, 5.41) is 10.4. The molecule has 0 saturated heterocycles. The molecule has 0 aliphatic carbocycles. The number of hydrogen-bond acceptors (Lipinski definition) is 2. The third kappa shape index (κ3) is 1.67. The largest absolute Gasteiger partial charge is 0.478 e. The zero-order valence-corrected chi connectivity index (χ0v) is 7.99. The van der Waals surface area contributed by atoms with Crippen LogP contribution in [0.5, 0.6) is 0 Å². The lowest BCUT2D eigenvalue weighted by Crippen LogP contribution is -1.96. The van der Waals surface area contributed by atoms with Crippen LogP contribution in [0.4, 0.5) is 0 Å². The molecule has 0 aliphatic heterocycles. The molecule has 14 heavy (non-hydrogen) atoms. The molecule has 1 aromatic carbocycles. The fourth-order valence-corrected chi connectivity index (χ4v) is 1.30. The Morgan fingerprint density at radius 3 is 2.79 bits per heavy atom. The number of hydrogen-bond donors (Lipinski definition) is 1. The first kappa shape index (κ1) is 10.5. The van der Waals surface area contributed by atoms with Gasteiger partial charge in [0.2, 0.25) is 0 Å². The molecule has 0 atom stereocenters. The number of carboxylic acid groups (broad SMARTS) is 1. The summed E-state index contributed by atoms with van der Waals surface area (Å²) in [4.78, 5) is 14.7. The maximum atomic E-state index is 10.8. The van der Waals surface area contributed by atoms with Crippen molar-refractivity contribution in [2.75, 3.05) is 0 Å². The number of fused-ring (bicyclic) bond motifs is 1. The lowest BCUT2D eigenvalue weighted by molar-refractivity contribution is 0.0699. The molecule has 1 N–H and O–H groups in total. The fraction of sp³-hybridized carbons (Fsp3) is 0. The highest BCUT2D eigenvalue weighted by Crippen LogP contribution is 2.16. The molecule has 72 valence electrons. The Balaban J connectivity index is 0.000000980. The van der Waals surface area contributed by atoms with E-state index in [1.807, 2.05) is 6.07 Å². The van der Waals surface area contributed by atoms with Crippen LogP contribution in [0.2, 0.25) is 0 Å². The maximum Gasteiger partial charge on any atom is 0.336 e. The van der Waals surface area contributed by atoms with Crippen LogP contribution in [0.15, 0.2) is 36.7 Å². The molecule has 0 spiro atoms. The molecule has 1 aromatic heterocycles. The van der Waals surface area contributed by atoms with Crippen LogP contribution >= 0.6 is 12.4 Å². The summed E-state index contributed by atoms with van der Waals surface area (Å²) in [6, 6.07) is 6.96. The van der Waals surface area contributed by atoms with Gasteiger partial charge in [-0.2, -0.15) is 0 Å². The van der Waals surface area contributed by atoms with E-state index >= 15 is 0 Å². The van der Waals surface area contributed by atoms with Gasteiger partial charge >= 0.3 is 5.97 Å². The standard InChI is InChI=1S/C10H7NO2.ClH/c12-10(13)8-3-1-2-7-4-5-11-6-9(7)8;/h1-6H,(H,12,13);1H. The van der Waals surface area contributed by atoms with Gasteiger partial charge in [-0.05, 0) is 17.5 Å². The van der Waals surface area contributed by atoms with Gasteiger partial charge in [-0.3, -0.25) is 4.98 Å². The highest BCUT2D eigenvalue weighted by molar-refractivity contribution is 6.03. The van der Waals surface area contributed by atoms with Crippen LogP contribution in [-0.2, 0) is 0 Å². The van der Waals surface area contributed by atoms with Gasteiger partial charge in [0.1, 0.15) is 0 Å². The average molecular weight is 210 g/mol. The molecule has 2 aromatic rings. The van der Waals surface area contributed by atoms with Gasteiger partial charge in [0.15, 0.2) is 0 Å². The number of carboxylic acids is 1. The Hall–Kier alpha value is -1.61. The Morgan fingerprint density at radius 2 is 2.07 bits per heavy atom. The third-order valence-corrected chi connectivity index (χ3v) is 1.91. The highest BCUT2D eigenvalue weighted by atomic mass is 35.5. The van der Waals surface area contributed by atoms with Crippen molar-refractivity contribution >= 4 is 29.1 Å².